The molecule has 0 aliphatic heterocycles. The van der Waals surface area contributed by atoms with Crippen LogP contribution in [-0.2, 0) is 6.54 Å². The topological polar surface area (TPSA) is 48.0 Å². The van der Waals surface area contributed by atoms with Crippen molar-refractivity contribution in [3.63, 3.8) is 0 Å². The summed E-state index contributed by atoms with van der Waals surface area (Å²) in [5.74, 6) is 0.607. The van der Waals surface area contributed by atoms with Crippen LogP contribution in [0.4, 0.5) is 0 Å². The van der Waals surface area contributed by atoms with Crippen molar-refractivity contribution in [2.45, 2.75) is 25.4 Å². The third-order valence-electron chi connectivity index (χ3n) is 2.63. The smallest absolute Gasteiger partial charge is 0.250 e. The first-order valence-corrected chi connectivity index (χ1v) is 4.67. The van der Waals surface area contributed by atoms with Gasteiger partial charge in [-0.2, -0.15) is 0 Å². The van der Waals surface area contributed by atoms with Crippen molar-refractivity contribution < 1.29 is 0 Å². The zero-order valence-corrected chi connectivity index (χ0v) is 7.52. The predicted molar refractivity (Wildman–Crippen MR) is 51.4 cm³/mol. The van der Waals surface area contributed by atoms with Gasteiger partial charge in [0, 0.05) is 24.8 Å². The summed E-state index contributed by atoms with van der Waals surface area (Å²) in [6.45, 7) is 0.827. The van der Waals surface area contributed by atoms with Gasteiger partial charge in [0.2, 0.25) is 0 Å². The molecule has 0 amide bonds. The fraction of sp³-hybridized carbons (Fsp3) is 0.500. The number of aromatic nitrogens is 1. The van der Waals surface area contributed by atoms with Crippen molar-refractivity contribution in [3.8, 4) is 0 Å². The Bertz CT molecular complexity index is 339. The molecule has 2 rings (SSSR count). The van der Waals surface area contributed by atoms with Crippen molar-refractivity contribution in [2.24, 2.45) is 11.7 Å². The molecule has 1 heterocycles. The molecule has 3 heteroatoms. The SMILES string of the molecule is NC1CC(Cn2ccccc2=O)C1. The molecule has 1 aromatic rings. The summed E-state index contributed by atoms with van der Waals surface area (Å²) in [5, 5.41) is 0. The lowest BCUT2D eigenvalue weighted by Crippen LogP contribution is -2.39. The second-order valence-electron chi connectivity index (χ2n) is 3.79. The van der Waals surface area contributed by atoms with Crippen molar-refractivity contribution in [1.29, 1.82) is 0 Å². The Morgan fingerprint density at radius 1 is 1.46 bits per heavy atom. The van der Waals surface area contributed by atoms with E-state index in [0.717, 1.165) is 19.4 Å². The van der Waals surface area contributed by atoms with Crippen LogP contribution in [0.2, 0.25) is 0 Å². The lowest BCUT2D eigenvalue weighted by Gasteiger charge is -2.32. The summed E-state index contributed by atoms with van der Waals surface area (Å²) < 4.78 is 1.76. The number of nitrogens with zero attached hydrogens (tertiary/aromatic N) is 1. The molecule has 1 fully saturated rings. The first-order chi connectivity index (χ1) is 6.25. The summed E-state index contributed by atoms with van der Waals surface area (Å²) in [5.41, 5.74) is 5.76. The Kier molecular flexibility index (Phi) is 2.19. The maximum absolute atomic E-state index is 11.3. The molecule has 2 N–H and O–H groups in total. The molecule has 70 valence electrons. The molecule has 0 radical (unpaired) electrons. The van der Waals surface area contributed by atoms with E-state index >= 15 is 0 Å². The normalized spacial score (nSPS) is 26.8. The fourth-order valence-corrected chi connectivity index (χ4v) is 1.83. The molecular weight excluding hydrogens is 164 g/mol. The number of nitrogens with two attached hydrogens (primary N) is 1. The van der Waals surface area contributed by atoms with Gasteiger partial charge in [-0.1, -0.05) is 6.07 Å². The molecular formula is C10H14N2O. The summed E-state index contributed by atoms with van der Waals surface area (Å²) in [7, 11) is 0. The molecule has 1 aliphatic carbocycles. The van der Waals surface area contributed by atoms with Crippen molar-refractivity contribution in [3.05, 3.63) is 34.7 Å². The maximum Gasteiger partial charge on any atom is 0.250 e. The minimum absolute atomic E-state index is 0.0861. The van der Waals surface area contributed by atoms with E-state index < -0.39 is 0 Å². The van der Waals surface area contributed by atoms with Gasteiger partial charge in [-0.25, -0.2) is 0 Å². The Hall–Kier alpha value is -1.09. The summed E-state index contributed by atoms with van der Waals surface area (Å²) in [6.07, 6.45) is 3.95. The van der Waals surface area contributed by atoms with E-state index in [1.54, 1.807) is 16.7 Å². The van der Waals surface area contributed by atoms with Crippen LogP contribution >= 0.6 is 0 Å². The maximum atomic E-state index is 11.3. The second-order valence-corrected chi connectivity index (χ2v) is 3.79. The Labute approximate surface area is 77.2 Å². The van der Waals surface area contributed by atoms with Crippen molar-refractivity contribution in [1.82, 2.24) is 4.57 Å². The molecule has 0 saturated heterocycles. The third-order valence-corrected chi connectivity index (χ3v) is 2.63. The zero-order chi connectivity index (χ0) is 9.26. The zero-order valence-electron chi connectivity index (χ0n) is 7.52. The first kappa shape index (κ1) is 8.51. The van der Waals surface area contributed by atoms with Crippen molar-refractivity contribution in [2.75, 3.05) is 0 Å². The van der Waals surface area contributed by atoms with Gasteiger partial charge in [0.25, 0.3) is 5.56 Å². The van der Waals surface area contributed by atoms with E-state index in [0.29, 0.717) is 12.0 Å². The molecule has 0 bridgehead atoms. The molecule has 1 aliphatic rings. The summed E-state index contributed by atoms with van der Waals surface area (Å²) >= 11 is 0. The highest BCUT2D eigenvalue weighted by molar-refractivity contribution is 4.94. The largest absolute Gasteiger partial charge is 0.328 e. The third kappa shape index (κ3) is 1.80. The molecule has 3 nitrogen and oxygen atoms in total. The van der Waals surface area contributed by atoms with E-state index in [2.05, 4.69) is 0 Å². The molecule has 1 aromatic heterocycles. The lowest BCUT2D eigenvalue weighted by atomic mass is 9.81. The monoisotopic (exact) mass is 178 g/mol. The van der Waals surface area contributed by atoms with Gasteiger partial charge in [0.1, 0.15) is 0 Å². The van der Waals surface area contributed by atoms with Crippen LogP contribution in [0.1, 0.15) is 12.8 Å². The highest BCUT2D eigenvalue weighted by Crippen LogP contribution is 2.26. The lowest BCUT2D eigenvalue weighted by molar-refractivity contribution is 0.232. The molecule has 13 heavy (non-hydrogen) atoms. The van der Waals surface area contributed by atoms with Crippen LogP contribution in [0, 0.1) is 5.92 Å². The molecule has 0 atom stereocenters. The van der Waals surface area contributed by atoms with Crippen molar-refractivity contribution >= 4 is 0 Å². The van der Waals surface area contributed by atoms with E-state index in [1.165, 1.54) is 0 Å². The number of hydrogen-bond acceptors (Lipinski definition) is 2. The molecule has 0 spiro atoms. The van der Waals surface area contributed by atoms with Gasteiger partial charge in [-0.3, -0.25) is 4.79 Å². The van der Waals surface area contributed by atoms with Gasteiger partial charge in [0.05, 0.1) is 0 Å². The Morgan fingerprint density at radius 3 is 2.85 bits per heavy atom. The summed E-state index contributed by atoms with van der Waals surface area (Å²) in [4.78, 5) is 11.3. The van der Waals surface area contributed by atoms with Gasteiger partial charge in [-0.15, -0.1) is 0 Å². The Morgan fingerprint density at radius 2 is 2.23 bits per heavy atom. The van der Waals surface area contributed by atoms with Crippen LogP contribution in [0.25, 0.3) is 0 Å². The highest BCUT2D eigenvalue weighted by Gasteiger charge is 2.25. The van der Waals surface area contributed by atoms with Gasteiger partial charge in [0.15, 0.2) is 0 Å². The molecule has 1 saturated carbocycles. The average Bonchev–Trinajstić information content (AvgIpc) is 2.06. The quantitative estimate of drug-likeness (QED) is 0.720. The van der Waals surface area contributed by atoms with E-state index in [9.17, 15) is 4.79 Å². The average molecular weight is 178 g/mol. The van der Waals surface area contributed by atoms with E-state index in [1.807, 2.05) is 12.3 Å². The minimum atomic E-state index is 0.0861. The second kappa shape index (κ2) is 3.34. The van der Waals surface area contributed by atoms with Gasteiger partial charge < -0.3 is 10.3 Å². The number of rotatable bonds is 2. The number of hydrogen-bond donors (Lipinski definition) is 1. The van der Waals surface area contributed by atoms with E-state index in [4.69, 9.17) is 5.73 Å². The minimum Gasteiger partial charge on any atom is -0.328 e. The molecule has 0 aromatic carbocycles. The van der Waals surface area contributed by atoms with Crippen LogP contribution in [0.5, 0.6) is 0 Å². The molecule has 0 unspecified atom stereocenters. The van der Waals surface area contributed by atoms with Crippen LogP contribution in [0.3, 0.4) is 0 Å². The predicted octanol–water partition coefficient (Wildman–Crippen LogP) is 0.586. The summed E-state index contributed by atoms with van der Waals surface area (Å²) in [6, 6.07) is 5.62. The highest BCUT2D eigenvalue weighted by atomic mass is 16.1. The number of pyridine rings is 1. The first-order valence-electron chi connectivity index (χ1n) is 4.67. The van der Waals surface area contributed by atoms with Gasteiger partial charge >= 0.3 is 0 Å². The van der Waals surface area contributed by atoms with Crippen LogP contribution in [0.15, 0.2) is 29.2 Å². The van der Waals surface area contributed by atoms with Crippen LogP contribution < -0.4 is 11.3 Å². The van der Waals surface area contributed by atoms with Crippen LogP contribution in [-0.4, -0.2) is 10.6 Å². The Balaban J connectivity index is 2.02. The standard InChI is InChI=1S/C10H14N2O/c11-9-5-8(6-9)7-12-4-2-1-3-10(12)13/h1-4,8-9H,5-7,11H2. The van der Waals surface area contributed by atoms with E-state index in [-0.39, 0.29) is 5.56 Å². The fourth-order valence-electron chi connectivity index (χ4n) is 1.83. The van der Waals surface area contributed by atoms with Gasteiger partial charge in [-0.05, 0) is 24.8 Å².